The Bertz CT molecular complexity index is 193. The van der Waals surface area contributed by atoms with Gasteiger partial charge in [0.15, 0.2) is 0 Å². The van der Waals surface area contributed by atoms with Crippen molar-refractivity contribution in [2.24, 2.45) is 0 Å². The van der Waals surface area contributed by atoms with E-state index >= 15 is 0 Å². The molecule has 0 aliphatic carbocycles. The number of likely N-dealkylation sites (tertiary alicyclic amines) is 1. The fraction of sp³-hybridized carbons (Fsp3) is 1.00. The second kappa shape index (κ2) is 6.81. The number of hydrogen-bond donors (Lipinski definition) is 0. The van der Waals surface area contributed by atoms with Gasteiger partial charge in [0.05, 0.1) is 0 Å². The van der Waals surface area contributed by atoms with Crippen LogP contribution in [0.3, 0.4) is 0 Å². The molecule has 1 aliphatic rings. The van der Waals surface area contributed by atoms with E-state index < -0.39 is 12.8 Å². The van der Waals surface area contributed by atoms with Crippen molar-refractivity contribution in [3.63, 3.8) is 0 Å². The van der Waals surface area contributed by atoms with Crippen LogP contribution in [0.1, 0.15) is 19.3 Å². The van der Waals surface area contributed by atoms with Crippen LogP contribution in [-0.2, 0) is 4.74 Å². The Balaban J connectivity index is 1.95. The lowest BCUT2D eigenvalue weighted by Crippen LogP contribution is -2.35. The van der Waals surface area contributed by atoms with Crippen molar-refractivity contribution < 1.29 is 17.9 Å². The van der Waals surface area contributed by atoms with Crippen molar-refractivity contribution in [1.29, 1.82) is 0 Å². The summed E-state index contributed by atoms with van der Waals surface area (Å²) in [5, 5.41) is 0. The molecule has 0 radical (unpaired) electrons. The maximum atomic E-state index is 11.7. The van der Waals surface area contributed by atoms with Crippen molar-refractivity contribution in [1.82, 2.24) is 4.90 Å². The summed E-state index contributed by atoms with van der Waals surface area (Å²) in [5.41, 5.74) is 0. The van der Waals surface area contributed by atoms with Crippen molar-refractivity contribution in [3.05, 3.63) is 0 Å². The molecule has 96 valence electrons. The Morgan fingerprint density at radius 3 is 2.44 bits per heavy atom. The van der Waals surface area contributed by atoms with Gasteiger partial charge in [-0.25, -0.2) is 0 Å². The van der Waals surface area contributed by atoms with E-state index in [0.717, 1.165) is 32.5 Å². The van der Waals surface area contributed by atoms with Gasteiger partial charge in [0.1, 0.15) is 6.61 Å². The zero-order valence-corrected chi connectivity index (χ0v) is 10.7. The van der Waals surface area contributed by atoms with Crippen LogP contribution >= 0.6 is 15.9 Å². The molecule has 0 bridgehead atoms. The Hall–Kier alpha value is 0.190. The summed E-state index contributed by atoms with van der Waals surface area (Å²) in [7, 11) is 0. The molecule has 1 saturated heterocycles. The van der Waals surface area contributed by atoms with Gasteiger partial charge >= 0.3 is 6.18 Å². The van der Waals surface area contributed by atoms with Crippen molar-refractivity contribution >= 4 is 15.9 Å². The van der Waals surface area contributed by atoms with Gasteiger partial charge in [-0.05, 0) is 32.4 Å². The topological polar surface area (TPSA) is 12.5 Å². The lowest BCUT2D eigenvalue weighted by molar-refractivity contribution is -0.174. The molecule has 0 aromatic rings. The molecule has 0 amide bonds. The molecule has 6 heteroatoms. The average Bonchev–Trinajstić information content (AvgIpc) is 2.19. The fourth-order valence-electron chi connectivity index (χ4n) is 1.70. The summed E-state index contributed by atoms with van der Waals surface area (Å²) in [6, 6.07) is 0. The number of hydrogen-bond acceptors (Lipinski definition) is 2. The van der Waals surface area contributed by atoms with Gasteiger partial charge in [-0.2, -0.15) is 13.2 Å². The third kappa shape index (κ3) is 6.70. The molecule has 1 fully saturated rings. The molecule has 0 saturated carbocycles. The van der Waals surface area contributed by atoms with Crippen LogP contribution in [0.4, 0.5) is 13.2 Å². The number of halogens is 4. The minimum atomic E-state index is -4.20. The fourth-order valence-corrected chi connectivity index (χ4v) is 2.11. The molecule has 0 atom stereocenters. The molecule has 0 spiro atoms. The van der Waals surface area contributed by atoms with Crippen LogP contribution < -0.4 is 0 Å². The van der Waals surface area contributed by atoms with E-state index in [2.05, 4.69) is 25.6 Å². The molecule has 16 heavy (non-hydrogen) atoms. The van der Waals surface area contributed by atoms with Gasteiger partial charge in [0, 0.05) is 18.0 Å². The van der Waals surface area contributed by atoms with E-state index in [9.17, 15) is 13.2 Å². The van der Waals surface area contributed by atoms with Crippen LogP contribution in [-0.4, -0.2) is 48.8 Å². The van der Waals surface area contributed by atoms with E-state index in [1.54, 1.807) is 0 Å². The van der Waals surface area contributed by atoms with Gasteiger partial charge in [0.25, 0.3) is 0 Å². The zero-order chi connectivity index (χ0) is 12.0. The number of ether oxygens (including phenoxy) is 1. The lowest BCUT2D eigenvalue weighted by atomic mass is 10.1. The molecule has 2 nitrogen and oxygen atoms in total. The first kappa shape index (κ1) is 14.3. The van der Waals surface area contributed by atoms with Crippen molar-refractivity contribution in [3.8, 4) is 0 Å². The van der Waals surface area contributed by atoms with Gasteiger partial charge in [-0.15, -0.1) is 0 Å². The molecule has 1 aliphatic heterocycles. The van der Waals surface area contributed by atoms with Gasteiger partial charge in [0.2, 0.25) is 0 Å². The van der Waals surface area contributed by atoms with E-state index in [0.29, 0.717) is 11.2 Å². The summed E-state index contributed by atoms with van der Waals surface area (Å²) < 4.78 is 39.8. The van der Waals surface area contributed by atoms with Crippen LogP contribution in [0.15, 0.2) is 0 Å². The standard InChI is InChI=1S/C10H17BrF3NO/c11-9-2-5-15(6-3-9)4-1-7-16-8-10(12,13)14/h9H,1-8H2. The third-order valence-electron chi connectivity index (χ3n) is 2.55. The first-order valence-corrected chi connectivity index (χ1v) is 6.40. The number of nitrogens with zero attached hydrogens (tertiary/aromatic N) is 1. The summed E-state index contributed by atoms with van der Waals surface area (Å²) in [6.07, 6.45) is -1.30. The van der Waals surface area contributed by atoms with E-state index in [1.807, 2.05) is 0 Å². The maximum Gasteiger partial charge on any atom is 0.411 e. The molecule has 0 aromatic heterocycles. The largest absolute Gasteiger partial charge is 0.411 e. The average molecular weight is 304 g/mol. The van der Waals surface area contributed by atoms with E-state index in [4.69, 9.17) is 0 Å². The number of piperidine rings is 1. The third-order valence-corrected chi connectivity index (χ3v) is 3.46. The lowest BCUT2D eigenvalue weighted by Gasteiger charge is -2.29. The van der Waals surface area contributed by atoms with E-state index in [1.165, 1.54) is 0 Å². The van der Waals surface area contributed by atoms with Crippen molar-refractivity contribution in [2.75, 3.05) is 32.8 Å². The maximum absolute atomic E-state index is 11.7. The predicted molar refractivity (Wildman–Crippen MR) is 59.9 cm³/mol. The molecule has 0 aromatic carbocycles. The van der Waals surface area contributed by atoms with Crippen LogP contribution in [0.5, 0.6) is 0 Å². The number of alkyl halides is 4. The minimum absolute atomic E-state index is 0.188. The normalized spacial score (nSPS) is 20.2. The summed E-state index contributed by atoms with van der Waals surface area (Å²) in [6.45, 7) is 1.94. The predicted octanol–water partition coefficient (Wildman–Crippen LogP) is 2.81. The summed E-state index contributed by atoms with van der Waals surface area (Å²) >= 11 is 3.55. The van der Waals surface area contributed by atoms with Gasteiger partial charge < -0.3 is 9.64 Å². The van der Waals surface area contributed by atoms with Crippen LogP contribution in [0.25, 0.3) is 0 Å². The molecule has 1 heterocycles. The Morgan fingerprint density at radius 2 is 1.88 bits per heavy atom. The second-order valence-electron chi connectivity index (χ2n) is 4.04. The van der Waals surface area contributed by atoms with Gasteiger partial charge in [-0.1, -0.05) is 15.9 Å². The SMILES string of the molecule is FC(F)(F)COCCCN1CCC(Br)CC1. The highest BCUT2D eigenvalue weighted by atomic mass is 79.9. The smallest absolute Gasteiger partial charge is 0.372 e. The van der Waals surface area contributed by atoms with Gasteiger partial charge in [-0.3, -0.25) is 0 Å². The highest BCUT2D eigenvalue weighted by Gasteiger charge is 2.27. The highest BCUT2D eigenvalue weighted by molar-refractivity contribution is 9.09. The molecule has 1 rings (SSSR count). The van der Waals surface area contributed by atoms with Crippen molar-refractivity contribution in [2.45, 2.75) is 30.3 Å². The van der Waals surface area contributed by atoms with Crippen LogP contribution in [0.2, 0.25) is 0 Å². The first-order chi connectivity index (χ1) is 7.47. The zero-order valence-electron chi connectivity index (χ0n) is 9.10. The molecule has 0 N–H and O–H groups in total. The Labute approximate surface area is 102 Å². The quantitative estimate of drug-likeness (QED) is 0.572. The summed E-state index contributed by atoms with van der Waals surface area (Å²) in [5.74, 6) is 0. The minimum Gasteiger partial charge on any atom is -0.372 e. The first-order valence-electron chi connectivity index (χ1n) is 5.48. The molecular weight excluding hydrogens is 287 g/mol. The second-order valence-corrected chi connectivity index (χ2v) is 5.33. The van der Waals surface area contributed by atoms with Crippen LogP contribution in [0, 0.1) is 0 Å². The summed E-state index contributed by atoms with van der Waals surface area (Å²) in [4.78, 5) is 2.87. The Kier molecular flexibility index (Phi) is 6.07. The number of rotatable bonds is 5. The monoisotopic (exact) mass is 303 g/mol. The molecule has 0 unspecified atom stereocenters. The molecular formula is C10H17BrF3NO. The highest BCUT2D eigenvalue weighted by Crippen LogP contribution is 2.17. The van der Waals surface area contributed by atoms with E-state index in [-0.39, 0.29) is 6.61 Å². The Morgan fingerprint density at radius 1 is 1.25 bits per heavy atom.